The van der Waals surface area contributed by atoms with Crippen molar-refractivity contribution in [2.75, 3.05) is 0 Å². The molecule has 14 heavy (non-hydrogen) atoms. The standard InChI is InChI=1S/C11H10O3/c12-9-6-5-7-3-1-2-4-8(7)10(9)11(13)14/h1-4,10H,5-6H2,(H,13,14). The van der Waals surface area contributed by atoms with Crippen LogP contribution in [0.5, 0.6) is 0 Å². The van der Waals surface area contributed by atoms with Crippen LogP contribution in [0.25, 0.3) is 0 Å². The van der Waals surface area contributed by atoms with Crippen molar-refractivity contribution in [1.29, 1.82) is 0 Å². The molecule has 0 bridgehead atoms. The van der Waals surface area contributed by atoms with Gasteiger partial charge in [-0.15, -0.1) is 0 Å². The van der Waals surface area contributed by atoms with E-state index < -0.39 is 11.9 Å². The number of fused-ring (bicyclic) bond motifs is 1. The minimum Gasteiger partial charge on any atom is -0.480 e. The summed E-state index contributed by atoms with van der Waals surface area (Å²) >= 11 is 0. The van der Waals surface area contributed by atoms with Crippen LogP contribution in [0, 0.1) is 0 Å². The van der Waals surface area contributed by atoms with Crippen LogP contribution in [-0.2, 0) is 16.0 Å². The normalized spacial score (nSPS) is 20.3. The Morgan fingerprint density at radius 2 is 2.00 bits per heavy atom. The summed E-state index contributed by atoms with van der Waals surface area (Å²) in [5.41, 5.74) is 1.65. The molecule has 0 heterocycles. The predicted molar refractivity (Wildman–Crippen MR) is 50.1 cm³/mol. The van der Waals surface area contributed by atoms with Crippen LogP contribution < -0.4 is 0 Å². The van der Waals surface area contributed by atoms with E-state index >= 15 is 0 Å². The SMILES string of the molecule is O=C(O)C1C(=O)CCc2ccccc21. The fourth-order valence-corrected chi connectivity index (χ4v) is 1.89. The van der Waals surface area contributed by atoms with Gasteiger partial charge < -0.3 is 5.11 Å². The number of Topliss-reactive ketones (excluding diaryl/α,β-unsaturated/α-hetero) is 1. The van der Waals surface area contributed by atoms with Gasteiger partial charge in [0.05, 0.1) is 0 Å². The summed E-state index contributed by atoms with van der Waals surface area (Å²) in [7, 11) is 0. The lowest BCUT2D eigenvalue weighted by Gasteiger charge is -2.20. The molecule has 1 atom stereocenters. The highest BCUT2D eigenvalue weighted by molar-refractivity contribution is 6.05. The van der Waals surface area contributed by atoms with Gasteiger partial charge in [0, 0.05) is 6.42 Å². The summed E-state index contributed by atoms with van der Waals surface area (Å²) in [5, 5.41) is 8.93. The van der Waals surface area contributed by atoms with Crippen molar-refractivity contribution in [3.05, 3.63) is 35.4 Å². The molecule has 0 aliphatic heterocycles. The van der Waals surface area contributed by atoms with Crippen LogP contribution >= 0.6 is 0 Å². The number of hydrogen-bond acceptors (Lipinski definition) is 2. The zero-order valence-electron chi connectivity index (χ0n) is 7.56. The fraction of sp³-hybridized carbons (Fsp3) is 0.273. The van der Waals surface area contributed by atoms with Crippen molar-refractivity contribution >= 4 is 11.8 Å². The number of carbonyl (C=O) groups excluding carboxylic acids is 1. The van der Waals surface area contributed by atoms with Gasteiger partial charge in [-0.05, 0) is 17.5 Å². The maximum atomic E-state index is 11.4. The second-order valence-corrected chi connectivity index (χ2v) is 3.44. The molecule has 0 saturated carbocycles. The Labute approximate surface area is 81.4 Å². The number of rotatable bonds is 1. The van der Waals surface area contributed by atoms with E-state index in [2.05, 4.69) is 0 Å². The summed E-state index contributed by atoms with van der Waals surface area (Å²) in [6.07, 6.45) is 1.01. The second kappa shape index (κ2) is 3.25. The predicted octanol–water partition coefficient (Wildman–Crippen LogP) is 1.37. The van der Waals surface area contributed by atoms with Crippen molar-refractivity contribution in [3.8, 4) is 0 Å². The Hall–Kier alpha value is -1.64. The molecule has 3 heteroatoms. The molecule has 1 aromatic rings. The van der Waals surface area contributed by atoms with Gasteiger partial charge in [-0.25, -0.2) is 0 Å². The molecule has 0 amide bonds. The van der Waals surface area contributed by atoms with E-state index in [1.165, 1.54) is 0 Å². The lowest BCUT2D eigenvalue weighted by Crippen LogP contribution is -2.26. The number of benzene rings is 1. The van der Waals surface area contributed by atoms with Crippen LogP contribution in [0.2, 0.25) is 0 Å². The van der Waals surface area contributed by atoms with E-state index in [1.807, 2.05) is 12.1 Å². The number of carboxylic acid groups (broad SMARTS) is 1. The van der Waals surface area contributed by atoms with Gasteiger partial charge in [0.2, 0.25) is 0 Å². The van der Waals surface area contributed by atoms with E-state index in [4.69, 9.17) is 5.11 Å². The molecule has 0 radical (unpaired) electrons. The number of carbonyl (C=O) groups is 2. The van der Waals surface area contributed by atoms with E-state index in [-0.39, 0.29) is 5.78 Å². The molecular weight excluding hydrogens is 180 g/mol. The van der Waals surface area contributed by atoms with Crippen molar-refractivity contribution in [3.63, 3.8) is 0 Å². The maximum Gasteiger partial charge on any atom is 0.318 e. The lowest BCUT2D eigenvalue weighted by molar-refractivity contribution is -0.142. The van der Waals surface area contributed by atoms with Crippen LogP contribution in [0.15, 0.2) is 24.3 Å². The first-order chi connectivity index (χ1) is 6.70. The highest BCUT2D eigenvalue weighted by Crippen LogP contribution is 2.28. The summed E-state index contributed by atoms with van der Waals surface area (Å²) in [5.74, 6) is -2.17. The molecule has 1 aliphatic carbocycles. The van der Waals surface area contributed by atoms with Crippen molar-refractivity contribution in [1.82, 2.24) is 0 Å². The molecule has 1 N–H and O–H groups in total. The van der Waals surface area contributed by atoms with Crippen LogP contribution in [0.3, 0.4) is 0 Å². The Morgan fingerprint density at radius 3 is 2.71 bits per heavy atom. The minimum atomic E-state index is -1.04. The Kier molecular flexibility index (Phi) is 2.08. The highest BCUT2D eigenvalue weighted by Gasteiger charge is 2.32. The Bertz CT molecular complexity index is 395. The average Bonchev–Trinajstić information content (AvgIpc) is 2.17. The fourth-order valence-electron chi connectivity index (χ4n) is 1.89. The first kappa shape index (κ1) is 8.94. The first-order valence-electron chi connectivity index (χ1n) is 4.53. The smallest absolute Gasteiger partial charge is 0.318 e. The number of aliphatic carboxylic acids is 1. The Morgan fingerprint density at radius 1 is 1.29 bits per heavy atom. The average molecular weight is 190 g/mol. The topological polar surface area (TPSA) is 54.4 Å². The van der Waals surface area contributed by atoms with Crippen molar-refractivity contribution in [2.24, 2.45) is 0 Å². The van der Waals surface area contributed by atoms with Gasteiger partial charge in [-0.3, -0.25) is 9.59 Å². The minimum absolute atomic E-state index is 0.184. The number of carboxylic acids is 1. The quantitative estimate of drug-likeness (QED) is 0.680. The van der Waals surface area contributed by atoms with Gasteiger partial charge in [-0.1, -0.05) is 24.3 Å². The molecule has 72 valence electrons. The molecule has 0 saturated heterocycles. The third-order valence-electron chi connectivity index (χ3n) is 2.58. The molecule has 3 nitrogen and oxygen atoms in total. The number of ketones is 1. The summed E-state index contributed by atoms with van der Waals surface area (Å²) < 4.78 is 0. The summed E-state index contributed by atoms with van der Waals surface area (Å²) in [6.45, 7) is 0. The molecule has 0 aromatic heterocycles. The van der Waals surface area contributed by atoms with Crippen LogP contribution in [-0.4, -0.2) is 16.9 Å². The molecular formula is C11H10O3. The van der Waals surface area contributed by atoms with Crippen molar-refractivity contribution in [2.45, 2.75) is 18.8 Å². The highest BCUT2D eigenvalue weighted by atomic mass is 16.4. The third kappa shape index (κ3) is 1.31. The monoisotopic (exact) mass is 190 g/mol. The van der Waals surface area contributed by atoms with Gasteiger partial charge in [-0.2, -0.15) is 0 Å². The van der Waals surface area contributed by atoms with E-state index in [0.717, 1.165) is 5.56 Å². The molecule has 1 unspecified atom stereocenters. The lowest BCUT2D eigenvalue weighted by atomic mass is 9.82. The molecule has 0 fully saturated rings. The van der Waals surface area contributed by atoms with Gasteiger partial charge >= 0.3 is 5.97 Å². The number of hydrogen-bond donors (Lipinski definition) is 1. The van der Waals surface area contributed by atoms with Crippen LogP contribution in [0.4, 0.5) is 0 Å². The van der Waals surface area contributed by atoms with Gasteiger partial charge in [0.15, 0.2) is 5.78 Å². The van der Waals surface area contributed by atoms with E-state index in [1.54, 1.807) is 12.1 Å². The van der Waals surface area contributed by atoms with E-state index in [9.17, 15) is 9.59 Å². The third-order valence-corrected chi connectivity index (χ3v) is 2.58. The van der Waals surface area contributed by atoms with Crippen LogP contribution in [0.1, 0.15) is 23.5 Å². The molecule has 2 rings (SSSR count). The molecule has 1 aromatic carbocycles. The Balaban J connectivity index is 2.51. The van der Waals surface area contributed by atoms with Crippen molar-refractivity contribution < 1.29 is 14.7 Å². The van der Waals surface area contributed by atoms with E-state index in [0.29, 0.717) is 18.4 Å². The summed E-state index contributed by atoms with van der Waals surface area (Å²) in [4.78, 5) is 22.3. The second-order valence-electron chi connectivity index (χ2n) is 3.44. The first-order valence-corrected chi connectivity index (χ1v) is 4.53. The number of aryl methyl sites for hydroxylation is 1. The maximum absolute atomic E-state index is 11.4. The summed E-state index contributed by atoms with van der Waals surface area (Å²) in [6, 6.07) is 7.25. The molecule has 1 aliphatic rings. The zero-order valence-corrected chi connectivity index (χ0v) is 7.56. The van der Waals surface area contributed by atoms with Gasteiger partial charge in [0.1, 0.15) is 5.92 Å². The molecule has 0 spiro atoms. The largest absolute Gasteiger partial charge is 0.480 e. The zero-order chi connectivity index (χ0) is 10.1. The van der Waals surface area contributed by atoms with Gasteiger partial charge in [0.25, 0.3) is 0 Å².